The van der Waals surface area contributed by atoms with Crippen LogP contribution in [0, 0.1) is 13.8 Å². The number of rotatable bonds is 8. The van der Waals surface area contributed by atoms with Crippen LogP contribution in [-0.4, -0.2) is 75.5 Å². The first kappa shape index (κ1) is 22.9. The van der Waals surface area contributed by atoms with Crippen LogP contribution >= 0.6 is 11.3 Å². The fourth-order valence-corrected chi connectivity index (χ4v) is 4.92. The molecule has 1 saturated heterocycles. The van der Waals surface area contributed by atoms with Crippen LogP contribution in [0.25, 0.3) is 21.7 Å². The largest absolute Gasteiger partial charge is 0.491 e. The van der Waals surface area contributed by atoms with Gasteiger partial charge in [0.2, 0.25) is 0 Å². The van der Waals surface area contributed by atoms with Crippen LogP contribution in [0.2, 0.25) is 0 Å². The van der Waals surface area contributed by atoms with Crippen LogP contribution in [0.4, 0.5) is 0 Å². The second-order valence-electron chi connectivity index (χ2n) is 8.79. The maximum Gasteiger partial charge on any atom is 0.257 e. The van der Waals surface area contributed by atoms with Crippen LogP contribution in [0.5, 0.6) is 5.75 Å². The Balaban J connectivity index is 1.05. The van der Waals surface area contributed by atoms with Crippen LogP contribution in [0.1, 0.15) is 16.4 Å². The Bertz CT molecular complexity index is 1230. The SMILES string of the molecule is Cc1ccc(-c2nc(CN3CCN(C[C@H](O)COc4ccc5sc(C)nc5c4)CC3)no2)cc1. The molecule has 1 N–H and O–H groups in total. The smallest absolute Gasteiger partial charge is 0.257 e. The molecule has 0 spiro atoms. The predicted molar refractivity (Wildman–Crippen MR) is 132 cm³/mol. The number of hydrogen-bond donors (Lipinski definition) is 1. The maximum atomic E-state index is 10.5. The van der Waals surface area contributed by atoms with Gasteiger partial charge in [0.05, 0.1) is 21.8 Å². The third-order valence-corrected chi connectivity index (χ3v) is 6.93. The van der Waals surface area contributed by atoms with E-state index in [2.05, 4.69) is 31.8 Å². The zero-order valence-electron chi connectivity index (χ0n) is 19.5. The first-order valence-corrected chi connectivity index (χ1v) is 12.4. The summed E-state index contributed by atoms with van der Waals surface area (Å²) in [6.45, 7) is 9.10. The number of piperazine rings is 1. The molecule has 34 heavy (non-hydrogen) atoms. The summed E-state index contributed by atoms with van der Waals surface area (Å²) in [6, 6.07) is 14.0. The molecule has 3 heterocycles. The zero-order chi connectivity index (χ0) is 23.5. The number of aryl methyl sites for hydroxylation is 2. The van der Waals surface area contributed by atoms with Gasteiger partial charge in [-0.1, -0.05) is 22.9 Å². The van der Waals surface area contributed by atoms with Gasteiger partial charge in [-0.2, -0.15) is 4.98 Å². The fraction of sp³-hybridized carbons (Fsp3) is 0.400. The fourth-order valence-electron chi connectivity index (χ4n) is 4.12. The second-order valence-corrected chi connectivity index (χ2v) is 10.0. The molecule has 2 aromatic heterocycles. The topological polar surface area (TPSA) is 87.8 Å². The Morgan fingerprint density at radius 2 is 1.79 bits per heavy atom. The second kappa shape index (κ2) is 10.2. The summed E-state index contributed by atoms with van der Waals surface area (Å²) in [6.07, 6.45) is -0.548. The Labute approximate surface area is 202 Å². The van der Waals surface area contributed by atoms with Crippen molar-refractivity contribution in [3.63, 3.8) is 0 Å². The van der Waals surface area contributed by atoms with Crippen molar-refractivity contribution in [1.29, 1.82) is 0 Å². The number of nitrogens with zero attached hydrogens (tertiary/aromatic N) is 5. The minimum absolute atomic E-state index is 0.263. The summed E-state index contributed by atoms with van der Waals surface area (Å²) in [4.78, 5) is 13.6. The first-order valence-electron chi connectivity index (χ1n) is 11.5. The minimum atomic E-state index is -0.548. The number of benzene rings is 2. The van der Waals surface area contributed by atoms with E-state index in [0.29, 0.717) is 24.8 Å². The first-order chi connectivity index (χ1) is 16.5. The van der Waals surface area contributed by atoms with Crippen molar-refractivity contribution >= 4 is 21.6 Å². The number of aliphatic hydroxyl groups excluding tert-OH is 1. The molecule has 0 unspecified atom stereocenters. The molecule has 8 nitrogen and oxygen atoms in total. The Kier molecular flexibility index (Phi) is 6.87. The van der Waals surface area contributed by atoms with Gasteiger partial charge < -0.3 is 14.4 Å². The van der Waals surface area contributed by atoms with E-state index in [0.717, 1.165) is 52.7 Å². The molecule has 1 aliphatic rings. The van der Waals surface area contributed by atoms with Gasteiger partial charge in [-0.05, 0) is 38.1 Å². The van der Waals surface area contributed by atoms with Gasteiger partial charge in [0.1, 0.15) is 18.5 Å². The molecule has 0 saturated carbocycles. The highest BCUT2D eigenvalue weighted by molar-refractivity contribution is 7.18. The van der Waals surface area contributed by atoms with E-state index in [9.17, 15) is 5.11 Å². The Morgan fingerprint density at radius 1 is 1.03 bits per heavy atom. The van der Waals surface area contributed by atoms with Crippen molar-refractivity contribution in [3.05, 3.63) is 58.9 Å². The van der Waals surface area contributed by atoms with Crippen molar-refractivity contribution < 1.29 is 14.4 Å². The van der Waals surface area contributed by atoms with Gasteiger partial charge in [-0.15, -0.1) is 11.3 Å². The summed E-state index contributed by atoms with van der Waals surface area (Å²) in [7, 11) is 0. The van der Waals surface area contributed by atoms with Crippen molar-refractivity contribution in [2.24, 2.45) is 0 Å². The summed E-state index contributed by atoms with van der Waals surface area (Å²) >= 11 is 1.67. The molecular formula is C25H29N5O3S. The third-order valence-electron chi connectivity index (χ3n) is 5.97. The third kappa shape index (κ3) is 5.61. The van der Waals surface area contributed by atoms with Gasteiger partial charge in [-0.3, -0.25) is 9.80 Å². The molecule has 5 rings (SSSR count). The van der Waals surface area contributed by atoms with E-state index in [-0.39, 0.29) is 6.61 Å². The summed E-state index contributed by atoms with van der Waals surface area (Å²) in [5.74, 6) is 2.00. The molecule has 178 valence electrons. The van der Waals surface area contributed by atoms with Crippen molar-refractivity contribution in [2.45, 2.75) is 26.5 Å². The standard InChI is InChI=1S/C25H29N5O3S/c1-17-3-5-19(6-4-17)25-27-24(28-33-25)15-30-11-9-29(10-12-30)14-20(31)16-32-21-7-8-23-22(13-21)26-18(2)34-23/h3-8,13,20,31H,9-12,14-16H2,1-2H3/t20-/m0/s1. The molecule has 0 radical (unpaired) electrons. The molecule has 1 fully saturated rings. The summed E-state index contributed by atoms with van der Waals surface area (Å²) < 4.78 is 12.4. The number of ether oxygens (including phenoxy) is 1. The Hall–Kier alpha value is -2.85. The van der Waals surface area contributed by atoms with Crippen LogP contribution in [-0.2, 0) is 6.54 Å². The van der Waals surface area contributed by atoms with Gasteiger partial charge >= 0.3 is 0 Å². The van der Waals surface area contributed by atoms with E-state index in [1.165, 1.54) is 5.56 Å². The van der Waals surface area contributed by atoms with E-state index in [1.54, 1.807) is 11.3 Å². The number of fused-ring (bicyclic) bond motifs is 1. The quantitative estimate of drug-likeness (QED) is 0.411. The molecule has 1 atom stereocenters. The zero-order valence-corrected chi connectivity index (χ0v) is 20.3. The summed E-state index contributed by atoms with van der Waals surface area (Å²) in [5, 5.41) is 15.7. The van der Waals surface area contributed by atoms with Crippen molar-refractivity contribution in [2.75, 3.05) is 39.3 Å². The van der Waals surface area contributed by atoms with E-state index in [4.69, 9.17) is 9.26 Å². The highest BCUT2D eigenvalue weighted by Crippen LogP contribution is 2.25. The monoisotopic (exact) mass is 479 g/mol. The van der Waals surface area contributed by atoms with Crippen molar-refractivity contribution in [1.82, 2.24) is 24.9 Å². The van der Waals surface area contributed by atoms with Crippen LogP contribution in [0.3, 0.4) is 0 Å². The molecule has 2 aromatic carbocycles. The number of hydrogen-bond acceptors (Lipinski definition) is 9. The lowest BCUT2D eigenvalue weighted by Gasteiger charge is -2.34. The number of thiazole rings is 1. The van der Waals surface area contributed by atoms with E-state index >= 15 is 0 Å². The lowest BCUT2D eigenvalue weighted by atomic mass is 10.1. The van der Waals surface area contributed by atoms with Crippen molar-refractivity contribution in [3.8, 4) is 17.2 Å². The molecule has 0 aliphatic carbocycles. The van der Waals surface area contributed by atoms with Gasteiger partial charge in [-0.25, -0.2) is 4.98 Å². The predicted octanol–water partition coefficient (Wildman–Crippen LogP) is 3.52. The van der Waals surface area contributed by atoms with Gasteiger partial charge in [0.25, 0.3) is 5.89 Å². The molecular weight excluding hydrogens is 450 g/mol. The normalized spacial score (nSPS) is 16.2. The lowest BCUT2D eigenvalue weighted by Crippen LogP contribution is -2.48. The highest BCUT2D eigenvalue weighted by atomic mass is 32.1. The number of aromatic nitrogens is 3. The lowest BCUT2D eigenvalue weighted by molar-refractivity contribution is 0.0440. The van der Waals surface area contributed by atoms with E-state index < -0.39 is 6.10 Å². The average molecular weight is 480 g/mol. The van der Waals surface area contributed by atoms with Gasteiger partial charge in [0.15, 0.2) is 5.82 Å². The van der Waals surface area contributed by atoms with Crippen LogP contribution < -0.4 is 4.74 Å². The number of aliphatic hydroxyl groups is 1. The number of β-amino-alcohol motifs (C(OH)–C–C–N with tert-alkyl or cyclic N) is 1. The van der Waals surface area contributed by atoms with Crippen LogP contribution in [0.15, 0.2) is 47.0 Å². The highest BCUT2D eigenvalue weighted by Gasteiger charge is 2.21. The molecule has 4 aromatic rings. The molecule has 9 heteroatoms. The van der Waals surface area contributed by atoms with Gasteiger partial charge in [0, 0.05) is 44.4 Å². The minimum Gasteiger partial charge on any atom is -0.491 e. The maximum absolute atomic E-state index is 10.5. The average Bonchev–Trinajstić information content (AvgIpc) is 3.44. The molecule has 0 amide bonds. The summed E-state index contributed by atoms with van der Waals surface area (Å²) in [5.41, 5.74) is 3.08. The molecule has 1 aliphatic heterocycles. The molecule has 0 bridgehead atoms. The van der Waals surface area contributed by atoms with E-state index in [1.807, 2.05) is 49.4 Å². The Morgan fingerprint density at radius 3 is 2.59 bits per heavy atom.